The summed E-state index contributed by atoms with van der Waals surface area (Å²) in [5, 5.41) is 0. The van der Waals surface area contributed by atoms with E-state index in [0.29, 0.717) is 26.1 Å². The minimum absolute atomic E-state index is 0.0529. The Hall–Kier alpha value is -1.60. The number of hydrogen-bond donors (Lipinski definition) is 0. The lowest BCUT2D eigenvalue weighted by atomic mass is 9.80. The summed E-state index contributed by atoms with van der Waals surface area (Å²) >= 11 is 0. The first-order valence-electron chi connectivity index (χ1n) is 9.18. The molecule has 1 aromatic rings. The van der Waals surface area contributed by atoms with E-state index in [4.69, 9.17) is 9.47 Å². The highest BCUT2D eigenvalue weighted by Crippen LogP contribution is 2.42. The molecule has 0 amide bonds. The third-order valence-corrected chi connectivity index (χ3v) is 5.42. The van der Waals surface area contributed by atoms with E-state index in [1.165, 1.54) is 6.92 Å². The van der Waals surface area contributed by atoms with Crippen LogP contribution < -0.4 is 4.74 Å². The van der Waals surface area contributed by atoms with E-state index in [0.717, 1.165) is 12.1 Å². The first-order chi connectivity index (χ1) is 12.8. The maximum Gasteiger partial charge on any atom is 0.400 e. The van der Waals surface area contributed by atoms with E-state index in [9.17, 15) is 17.6 Å². The number of hydrogen-bond acceptors (Lipinski definition) is 3. The van der Waals surface area contributed by atoms with E-state index in [1.807, 2.05) is 0 Å². The molecule has 0 unspecified atom stereocenters. The average Bonchev–Trinajstić information content (AvgIpc) is 2.66. The fourth-order valence-electron chi connectivity index (χ4n) is 3.59. The molecular formula is C20H24F4O3. The van der Waals surface area contributed by atoms with E-state index in [-0.39, 0.29) is 36.5 Å². The van der Waals surface area contributed by atoms with Crippen molar-refractivity contribution < 1.29 is 31.8 Å². The molecule has 3 rings (SSSR count). The molecule has 7 heteroatoms. The van der Waals surface area contributed by atoms with Gasteiger partial charge in [0, 0.05) is 29.5 Å². The quantitative estimate of drug-likeness (QED) is 0.511. The highest BCUT2D eigenvalue weighted by Gasteiger charge is 2.45. The molecule has 2 fully saturated rings. The van der Waals surface area contributed by atoms with Gasteiger partial charge in [0.2, 0.25) is 0 Å². The minimum Gasteiger partial charge on any atom is -0.432 e. The van der Waals surface area contributed by atoms with Crippen molar-refractivity contribution in [2.75, 3.05) is 13.2 Å². The molecule has 150 valence electrons. The molecule has 0 N–H and O–H groups in total. The Morgan fingerprint density at radius 1 is 1.07 bits per heavy atom. The van der Waals surface area contributed by atoms with E-state index >= 15 is 0 Å². The smallest absolute Gasteiger partial charge is 0.400 e. The van der Waals surface area contributed by atoms with Crippen molar-refractivity contribution in [2.45, 2.75) is 45.0 Å². The lowest BCUT2D eigenvalue weighted by Gasteiger charge is -2.38. The molecule has 2 aliphatic rings. The summed E-state index contributed by atoms with van der Waals surface area (Å²) < 4.78 is 72.1. The first kappa shape index (κ1) is 20.1. The van der Waals surface area contributed by atoms with Crippen LogP contribution in [0.3, 0.4) is 0 Å². The van der Waals surface area contributed by atoms with Crippen molar-refractivity contribution in [1.29, 1.82) is 0 Å². The summed E-state index contributed by atoms with van der Waals surface area (Å²) in [7, 11) is 0. The summed E-state index contributed by atoms with van der Waals surface area (Å²) in [5.74, 6) is -3.13. The molecule has 0 radical (unpaired) electrons. The third kappa shape index (κ3) is 4.63. The second-order valence-electron chi connectivity index (χ2n) is 7.32. The maximum atomic E-state index is 14.5. The molecule has 1 heterocycles. The summed E-state index contributed by atoms with van der Waals surface area (Å²) in [5.41, 5.74) is -0.225. The number of benzene rings is 1. The summed E-state index contributed by atoms with van der Waals surface area (Å²) in [6.07, 6.45) is -0.612. The molecule has 0 aromatic heterocycles. The minimum atomic E-state index is -3.50. The van der Waals surface area contributed by atoms with E-state index < -0.39 is 29.4 Å². The second-order valence-corrected chi connectivity index (χ2v) is 7.32. The van der Waals surface area contributed by atoms with Gasteiger partial charge in [-0.25, -0.2) is 8.78 Å². The largest absolute Gasteiger partial charge is 0.432 e. The Kier molecular flexibility index (Phi) is 6.11. The van der Waals surface area contributed by atoms with Gasteiger partial charge in [-0.05, 0) is 32.6 Å². The highest BCUT2D eigenvalue weighted by atomic mass is 19.3. The normalized spacial score (nSPS) is 29.4. The van der Waals surface area contributed by atoms with Gasteiger partial charge in [-0.15, -0.1) is 6.58 Å². The van der Waals surface area contributed by atoms with Crippen molar-refractivity contribution >= 4 is 0 Å². The first-order valence-corrected chi connectivity index (χ1v) is 9.18. The molecule has 1 saturated heterocycles. The standard InChI is InChI=1S/C20H24F4O3/c1-3-13-10-25-19(26-11-13)14-4-6-15(7-5-14)20(23,24)27-16-8-17(21)12(2)18(22)9-16/h3,8-9,13-15,19H,1,4-7,10-11H2,2H3. The predicted octanol–water partition coefficient (Wildman–Crippen LogP) is 5.23. The van der Waals surface area contributed by atoms with Crippen molar-refractivity contribution in [2.24, 2.45) is 17.8 Å². The van der Waals surface area contributed by atoms with E-state index in [2.05, 4.69) is 11.3 Å². The van der Waals surface area contributed by atoms with Crippen molar-refractivity contribution in [3.8, 4) is 5.75 Å². The predicted molar refractivity (Wildman–Crippen MR) is 91.5 cm³/mol. The van der Waals surface area contributed by atoms with Crippen LogP contribution in [-0.2, 0) is 9.47 Å². The summed E-state index contributed by atoms with van der Waals surface area (Å²) in [4.78, 5) is 0. The monoisotopic (exact) mass is 388 g/mol. The summed E-state index contributed by atoms with van der Waals surface area (Å²) in [6, 6.07) is 1.58. The van der Waals surface area contributed by atoms with Crippen LogP contribution in [0.15, 0.2) is 24.8 Å². The molecule has 0 atom stereocenters. The van der Waals surface area contributed by atoms with Gasteiger partial charge in [0.1, 0.15) is 17.4 Å². The number of halogens is 4. The molecule has 3 nitrogen and oxygen atoms in total. The topological polar surface area (TPSA) is 27.7 Å². The fraction of sp³-hybridized carbons (Fsp3) is 0.600. The van der Waals surface area contributed by atoms with Crippen LogP contribution in [-0.4, -0.2) is 25.6 Å². The van der Waals surface area contributed by atoms with Crippen LogP contribution >= 0.6 is 0 Å². The van der Waals surface area contributed by atoms with Gasteiger partial charge in [0.25, 0.3) is 0 Å². The molecule has 27 heavy (non-hydrogen) atoms. The molecule has 1 aliphatic heterocycles. The van der Waals surface area contributed by atoms with Gasteiger partial charge in [-0.1, -0.05) is 6.08 Å². The zero-order valence-electron chi connectivity index (χ0n) is 15.2. The van der Waals surface area contributed by atoms with Gasteiger partial charge in [-0.2, -0.15) is 8.78 Å². The molecule has 0 bridgehead atoms. The summed E-state index contributed by atoms with van der Waals surface area (Å²) in [6.45, 7) is 5.99. The molecule has 1 saturated carbocycles. The van der Waals surface area contributed by atoms with Gasteiger partial charge < -0.3 is 14.2 Å². The SMILES string of the molecule is C=CC1COC(C2CCC(C(F)(F)Oc3cc(F)c(C)c(F)c3)CC2)OC1. The zero-order chi connectivity index (χ0) is 19.6. The van der Waals surface area contributed by atoms with Crippen LogP contribution in [0.4, 0.5) is 17.6 Å². The Morgan fingerprint density at radius 3 is 2.15 bits per heavy atom. The van der Waals surface area contributed by atoms with Crippen LogP contribution in [0.1, 0.15) is 31.2 Å². The number of alkyl halides is 2. The Balaban J connectivity index is 1.56. The Morgan fingerprint density at radius 2 is 1.63 bits per heavy atom. The maximum absolute atomic E-state index is 14.5. The number of ether oxygens (including phenoxy) is 3. The highest BCUT2D eigenvalue weighted by molar-refractivity contribution is 5.30. The van der Waals surface area contributed by atoms with Crippen LogP contribution in [0.5, 0.6) is 5.75 Å². The molecule has 1 aliphatic carbocycles. The molecular weight excluding hydrogens is 364 g/mol. The fourth-order valence-corrected chi connectivity index (χ4v) is 3.59. The number of rotatable bonds is 5. The van der Waals surface area contributed by atoms with Crippen molar-refractivity contribution in [1.82, 2.24) is 0 Å². The van der Waals surface area contributed by atoms with Gasteiger partial charge in [0.15, 0.2) is 6.29 Å². The lowest BCUT2D eigenvalue weighted by Crippen LogP contribution is -2.41. The average molecular weight is 388 g/mol. The second kappa shape index (κ2) is 8.19. The van der Waals surface area contributed by atoms with Crippen molar-refractivity contribution in [3.63, 3.8) is 0 Å². The van der Waals surface area contributed by atoms with Gasteiger partial charge in [-0.3, -0.25) is 0 Å². The van der Waals surface area contributed by atoms with E-state index in [1.54, 1.807) is 6.08 Å². The molecule has 1 aromatic carbocycles. The van der Waals surface area contributed by atoms with Crippen LogP contribution in [0, 0.1) is 36.3 Å². The Bertz CT molecular complexity index is 640. The van der Waals surface area contributed by atoms with Gasteiger partial charge in [0.05, 0.1) is 19.1 Å². The van der Waals surface area contributed by atoms with Crippen molar-refractivity contribution in [3.05, 3.63) is 42.0 Å². The Labute approximate surface area is 156 Å². The third-order valence-electron chi connectivity index (χ3n) is 5.42. The van der Waals surface area contributed by atoms with Gasteiger partial charge >= 0.3 is 6.11 Å². The molecule has 0 spiro atoms. The lowest BCUT2D eigenvalue weighted by molar-refractivity contribution is -0.244. The zero-order valence-corrected chi connectivity index (χ0v) is 15.2. The van der Waals surface area contributed by atoms with Crippen LogP contribution in [0.2, 0.25) is 0 Å². The van der Waals surface area contributed by atoms with Crippen LogP contribution in [0.25, 0.3) is 0 Å².